The Hall–Kier alpha value is -1.49. The van der Waals surface area contributed by atoms with E-state index in [1.54, 1.807) is 7.11 Å². The van der Waals surface area contributed by atoms with E-state index in [1.807, 2.05) is 18.5 Å². The van der Waals surface area contributed by atoms with Crippen LogP contribution in [0.15, 0.2) is 36.7 Å². The van der Waals surface area contributed by atoms with Crippen molar-refractivity contribution in [2.24, 2.45) is 11.8 Å². The molecule has 2 aromatic rings. The molecular formula is C15H21N3O. The van der Waals surface area contributed by atoms with Crippen molar-refractivity contribution in [1.82, 2.24) is 10.4 Å². The van der Waals surface area contributed by atoms with Gasteiger partial charge in [-0.15, -0.1) is 0 Å². The lowest BCUT2D eigenvalue weighted by Gasteiger charge is -2.21. The first-order valence-electron chi connectivity index (χ1n) is 6.54. The predicted octanol–water partition coefficient (Wildman–Crippen LogP) is 2.41. The second-order valence-corrected chi connectivity index (χ2v) is 4.96. The summed E-state index contributed by atoms with van der Waals surface area (Å²) in [6.07, 6.45) is 4.64. The van der Waals surface area contributed by atoms with E-state index in [2.05, 4.69) is 35.5 Å². The molecule has 102 valence electrons. The molecule has 0 bridgehead atoms. The lowest BCUT2D eigenvalue weighted by atomic mass is 9.93. The first kappa shape index (κ1) is 13.9. The molecule has 1 aromatic heterocycles. The highest BCUT2D eigenvalue weighted by Gasteiger charge is 2.16. The van der Waals surface area contributed by atoms with Gasteiger partial charge >= 0.3 is 0 Å². The molecule has 1 heterocycles. The van der Waals surface area contributed by atoms with Crippen LogP contribution in [0, 0.1) is 5.92 Å². The van der Waals surface area contributed by atoms with E-state index in [0.29, 0.717) is 5.92 Å². The maximum Gasteiger partial charge on any atom is 0.0488 e. The molecule has 0 radical (unpaired) electrons. The van der Waals surface area contributed by atoms with Gasteiger partial charge in [0.15, 0.2) is 0 Å². The van der Waals surface area contributed by atoms with Crippen LogP contribution in [0.2, 0.25) is 0 Å². The molecule has 0 amide bonds. The van der Waals surface area contributed by atoms with Gasteiger partial charge in [0.05, 0.1) is 0 Å². The predicted molar refractivity (Wildman–Crippen MR) is 77.5 cm³/mol. The van der Waals surface area contributed by atoms with Gasteiger partial charge in [-0.2, -0.15) is 0 Å². The van der Waals surface area contributed by atoms with Gasteiger partial charge in [-0.3, -0.25) is 16.3 Å². The van der Waals surface area contributed by atoms with E-state index >= 15 is 0 Å². The minimum atomic E-state index is 0.109. The zero-order valence-electron chi connectivity index (χ0n) is 11.5. The highest BCUT2D eigenvalue weighted by Crippen LogP contribution is 2.27. The summed E-state index contributed by atoms with van der Waals surface area (Å²) >= 11 is 0. The molecule has 3 N–H and O–H groups in total. The van der Waals surface area contributed by atoms with Gasteiger partial charge in [0.25, 0.3) is 0 Å². The van der Waals surface area contributed by atoms with Crippen LogP contribution in [0.1, 0.15) is 24.9 Å². The van der Waals surface area contributed by atoms with Gasteiger partial charge in [-0.1, -0.05) is 25.1 Å². The van der Waals surface area contributed by atoms with Crippen LogP contribution in [-0.2, 0) is 4.74 Å². The Balaban J connectivity index is 2.30. The molecule has 19 heavy (non-hydrogen) atoms. The first-order chi connectivity index (χ1) is 9.26. The quantitative estimate of drug-likeness (QED) is 0.618. The maximum absolute atomic E-state index is 5.73. The molecule has 1 aromatic carbocycles. The number of benzene rings is 1. The molecule has 0 aliphatic rings. The summed E-state index contributed by atoms with van der Waals surface area (Å²) in [5.41, 5.74) is 4.11. The van der Waals surface area contributed by atoms with Crippen LogP contribution >= 0.6 is 0 Å². The number of hydrogen-bond acceptors (Lipinski definition) is 4. The van der Waals surface area contributed by atoms with Crippen molar-refractivity contribution in [1.29, 1.82) is 0 Å². The van der Waals surface area contributed by atoms with Gasteiger partial charge in [0.2, 0.25) is 0 Å². The molecule has 4 nitrogen and oxygen atoms in total. The number of methoxy groups -OCH3 is 1. The largest absolute Gasteiger partial charge is 0.384 e. The Kier molecular flexibility index (Phi) is 4.85. The van der Waals surface area contributed by atoms with E-state index in [1.165, 1.54) is 10.9 Å². The van der Waals surface area contributed by atoms with Gasteiger partial charge < -0.3 is 4.74 Å². The number of hydrogen-bond donors (Lipinski definition) is 2. The number of hydrazine groups is 1. The average Bonchev–Trinajstić information content (AvgIpc) is 2.44. The lowest BCUT2D eigenvalue weighted by molar-refractivity contribution is 0.149. The van der Waals surface area contributed by atoms with Crippen molar-refractivity contribution in [3.8, 4) is 0 Å². The van der Waals surface area contributed by atoms with E-state index in [-0.39, 0.29) is 6.04 Å². The van der Waals surface area contributed by atoms with Crippen LogP contribution in [0.25, 0.3) is 10.8 Å². The van der Waals surface area contributed by atoms with Crippen molar-refractivity contribution in [2.45, 2.75) is 19.4 Å². The van der Waals surface area contributed by atoms with E-state index in [9.17, 15) is 0 Å². The fraction of sp³-hybridized carbons (Fsp3) is 0.400. The van der Waals surface area contributed by atoms with Crippen LogP contribution in [0.3, 0.4) is 0 Å². The maximum atomic E-state index is 5.73. The van der Waals surface area contributed by atoms with Crippen LogP contribution < -0.4 is 11.3 Å². The molecule has 2 atom stereocenters. The van der Waals surface area contributed by atoms with Gasteiger partial charge in [-0.05, 0) is 29.4 Å². The van der Waals surface area contributed by atoms with Crippen LogP contribution in [0.4, 0.5) is 0 Å². The number of aromatic nitrogens is 1. The monoisotopic (exact) mass is 259 g/mol. The van der Waals surface area contributed by atoms with Crippen LogP contribution in [0.5, 0.6) is 0 Å². The first-order valence-corrected chi connectivity index (χ1v) is 6.54. The number of nitrogens with two attached hydrogens (primary N) is 1. The summed E-state index contributed by atoms with van der Waals surface area (Å²) in [6, 6.07) is 8.38. The highest BCUT2D eigenvalue weighted by atomic mass is 16.5. The topological polar surface area (TPSA) is 60.2 Å². The standard InChI is InChI=1S/C15H21N3O/c1-11(10-19-2)8-15(18-16)13-5-3-4-12-6-7-17-9-14(12)13/h3-7,9,11,15,18H,8,10,16H2,1-2H3. The minimum Gasteiger partial charge on any atom is -0.384 e. The molecule has 0 saturated carbocycles. The summed E-state index contributed by atoms with van der Waals surface area (Å²) < 4.78 is 5.19. The number of ether oxygens (including phenoxy) is 1. The molecule has 4 heteroatoms. The second kappa shape index (κ2) is 6.61. The van der Waals surface area contributed by atoms with E-state index < -0.39 is 0 Å². The third-order valence-electron chi connectivity index (χ3n) is 3.38. The molecule has 0 aliphatic carbocycles. The fourth-order valence-corrected chi connectivity index (χ4v) is 2.48. The fourth-order valence-electron chi connectivity index (χ4n) is 2.48. The minimum absolute atomic E-state index is 0.109. The summed E-state index contributed by atoms with van der Waals surface area (Å²) in [5, 5.41) is 2.34. The van der Waals surface area contributed by atoms with Crippen molar-refractivity contribution < 1.29 is 4.74 Å². The molecule has 0 spiro atoms. The average molecular weight is 259 g/mol. The summed E-state index contributed by atoms with van der Waals surface area (Å²) in [5.74, 6) is 6.17. The summed E-state index contributed by atoms with van der Waals surface area (Å²) in [7, 11) is 1.73. The lowest BCUT2D eigenvalue weighted by Crippen LogP contribution is -2.30. The summed E-state index contributed by atoms with van der Waals surface area (Å²) in [4.78, 5) is 4.21. The Morgan fingerprint density at radius 1 is 1.37 bits per heavy atom. The zero-order valence-corrected chi connectivity index (χ0v) is 11.5. The third-order valence-corrected chi connectivity index (χ3v) is 3.38. The van der Waals surface area contributed by atoms with E-state index in [0.717, 1.165) is 18.4 Å². The number of fused-ring (bicyclic) bond motifs is 1. The smallest absolute Gasteiger partial charge is 0.0488 e. The molecule has 0 aliphatic heterocycles. The number of rotatable bonds is 6. The van der Waals surface area contributed by atoms with Crippen molar-refractivity contribution in [3.05, 3.63) is 42.2 Å². The molecule has 2 unspecified atom stereocenters. The third kappa shape index (κ3) is 3.29. The van der Waals surface area contributed by atoms with Crippen molar-refractivity contribution >= 4 is 10.8 Å². The molecule has 0 saturated heterocycles. The van der Waals surface area contributed by atoms with E-state index in [4.69, 9.17) is 10.6 Å². The number of nitrogens with one attached hydrogen (secondary N) is 1. The number of nitrogens with zero attached hydrogens (tertiary/aromatic N) is 1. The highest BCUT2D eigenvalue weighted by molar-refractivity contribution is 5.85. The Bertz CT molecular complexity index is 524. The Labute approximate surface area is 113 Å². The zero-order chi connectivity index (χ0) is 13.7. The molecule has 0 fully saturated rings. The molecule has 2 rings (SSSR count). The van der Waals surface area contributed by atoms with Crippen LogP contribution in [-0.4, -0.2) is 18.7 Å². The van der Waals surface area contributed by atoms with Gasteiger partial charge in [0, 0.05) is 37.5 Å². The van der Waals surface area contributed by atoms with Gasteiger partial charge in [-0.25, -0.2) is 0 Å². The molecular weight excluding hydrogens is 238 g/mol. The van der Waals surface area contributed by atoms with Gasteiger partial charge in [0.1, 0.15) is 0 Å². The van der Waals surface area contributed by atoms with Crippen molar-refractivity contribution in [3.63, 3.8) is 0 Å². The van der Waals surface area contributed by atoms with Crippen molar-refractivity contribution in [2.75, 3.05) is 13.7 Å². The summed E-state index contributed by atoms with van der Waals surface area (Å²) in [6.45, 7) is 2.90. The SMILES string of the molecule is COCC(C)CC(NN)c1cccc2ccncc12. The Morgan fingerprint density at radius 2 is 2.21 bits per heavy atom. The Morgan fingerprint density at radius 3 is 2.95 bits per heavy atom. The second-order valence-electron chi connectivity index (χ2n) is 4.96. The normalized spacial score (nSPS) is 14.5. The number of pyridine rings is 1.